The number of benzene rings is 1. The topological polar surface area (TPSA) is 73.9 Å². The predicted octanol–water partition coefficient (Wildman–Crippen LogP) is 0.385. The SMILES string of the molecule is CC(C)N1CCN(CCNC(=O)[C@H]2OCC(=O)N[C@@H]2c2ccccc2)CC1. The van der Waals surface area contributed by atoms with Gasteiger partial charge in [-0.05, 0) is 19.4 Å². The molecule has 0 radical (unpaired) electrons. The second-order valence-corrected chi connectivity index (χ2v) is 7.45. The summed E-state index contributed by atoms with van der Waals surface area (Å²) in [5.74, 6) is -0.374. The van der Waals surface area contributed by atoms with Crippen molar-refractivity contribution in [2.45, 2.75) is 32.0 Å². The van der Waals surface area contributed by atoms with Gasteiger partial charge in [-0.25, -0.2) is 0 Å². The quantitative estimate of drug-likeness (QED) is 0.753. The highest BCUT2D eigenvalue weighted by molar-refractivity contribution is 5.86. The monoisotopic (exact) mass is 374 g/mol. The van der Waals surface area contributed by atoms with Crippen LogP contribution in [0.25, 0.3) is 0 Å². The van der Waals surface area contributed by atoms with Gasteiger partial charge in [-0.15, -0.1) is 0 Å². The van der Waals surface area contributed by atoms with Gasteiger partial charge >= 0.3 is 0 Å². The summed E-state index contributed by atoms with van der Waals surface area (Å²) in [6, 6.07) is 9.61. The molecular weight excluding hydrogens is 344 g/mol. The molecule has 1 aromatic rings. The Kier molecular flexibility index (Phi) is 6.82. The Hall–Kier alpha value is -1.96. The lowest BCUT2D eigenvalue weighted by molar-refractivity contribution is -0.148. The standard InChI is InChI=1S/C20H30N4O3/c1-15(2)24-12-10-23(11-13-24)9-8-21-20(26)19-18(22-17(25)14-27-19)16-6-4-3-5-7-16/h3-7,15,18-19H,8-14H2,1-2H3,(H,21,26)(H,22,25)/t18-,19+/m1/s1. The van der Waals surface area contributed by atoms with Crippen LogP contribution in [0.4, 0.5) is 0 Å². The Morgan fingerprint density at radius 3 is 2.59 bits per heavy atom. The third kappa shape index (κ3) is 5.28. The zero-order valence-electron chi connectivity index (χ0n) is 16.2. The van der Waals surface area contributed by atoms with E-state index in [2.05, 4.69) is 34.3 Å². The van der Waals surface area contributed by atoms with Gasteiger partial charge in [-0.2, -0.15) is 0 Å². The molecule has 7 nitrogen and oxygen atoms in total. The lowest BCUT2D eigenvalue weighted by Gasteiger charge is -2.37. The van der Waals surface area contributed by atoms with Gasteiger partial charge in [-0.3, -0.25) is 19.4 Å². The number of morpholine rings is 1. The molecule has 1 aromatic carbocycles. The normalized spacial score (nSPS) is 24.6. The summed E-state index contributed by atoms with van der Waals surface area (Å²) in [4.78, 5) is 29.2. The van der Waals surface area contributed by atoms with E-state index < -0.39 is 12.1 Å². The molecule has 7 heteroatoms. The molecule has 0 aromatic heterocycles. The minimum Gasteiger partial charge on any atom is -0.356 e. The van der Waals surface area contributed by atoms with Crippen LogP contribution < -0.4 is 10.6 Å². The van der Waals surface area contributed by atoms with Crippen molar-refractivity contribution in [1.29, 1.82) is 0 Å². The number of nitrogens with one attached hydrogen (secondary N) is 2. The van der Waals surface area contributed by atoms with Gasteiger partial charge in [0.15, 0.2) is 6.10 Å². The minimum atomic E-state index is -0.706. The highest BCUT2D eigenvalue weighted by atomic mass is 16.5. The summed E-state index contributed by atoms with van der Waals surface area (Å²) < 4.78 is 5.56. The van der Waals surface area contributed by atoms with Crippen molar-refractivity contribution < 1.29 is 14.3 Å². The van der Waals surface area contributed by atoms with Crippen LogP contribution in [-0.2, 0) is 14.3 Å². The summed E-state index contributed by atoms with van der Waals surface area (Å²) >= 11 is 0. The summed E-state index contributed by atoms with van der Waals surface area (Å²) in [7, 11) is 0. The van der Waals surface area contributed by atoms with E-state index in [9.17, 15) is 9.59 Å². The molecule has 0 saturated carbocycles. The average Bonchev–Trinajstić information content (AvgIpc) is 2.69. The van der Waals surface area contributed by atoms with Crippen LogP contribution in [-0.4, -0.2) is 79.6 Å². The molecule has 27 heavy (non-hydrogen) atoms. The lowest BCUT2D eigenvalue weighted by atomic mass is 9.99. The van der Waals surface area contributed by atoms with Crippen LogP contribution in [0.5, 0.6) is 0 Å². The summed E-state index contributed by atoms with van der Waals surface area (Å²) in [5, 5.41) is 5.86. The summed E-state index contributed by atoms with van der Waals surface area (Å²) in [5.41, 5.74) is 0.871. The first-order valence-corrected chi connectivity index (χ1v) is 9.74. The summed E-state index contributed by atoms with van der Waals surface area (Å²) in [6.45, 7) is 9.96. The first-order valence-electron chi connectivity index (χ1n) is 9.74. The van der Waals surface area contributed by atoms with Gasteiger partial charge in [-0.1, -0.05) is 30.3 Å². The van der Waals surface area contributed by atoms with Crippen molar-refractivity contribution in [2.75, 3.05) is 45.9 Å². The van der Waals surface area contributed by atoms with Crippen LogP contribution in [0, 0.1) is 0 Å². The smallest absolute Gasteiger partial charge is 0.251 e. The van der Waals surface area contributed by atoms with E-state index in [-0.39, 0.29) is 18.4 Å². The Morgan fingerprint density at radius 2 is 1.93 bits per heavy atom. The molecule has 2 N–H and O–H groups in total. The number of carbonyl (C=O) groups is 2. The molecule has 2 heterocycles. The van der Waals surface area contributed by atoms with E-state index in [1.54, 1.807) is 0 Å². The van der Waals surface area contributed by atoms with Crippen molar-refractivity contribution in [3.05, 3.63) is 35.9 Å². The Balaban J connectivity index is 1.49. The number of ether oxygens (including phenoxy) is 1. The van der Waals surface area contributed by atoms with E-state index in [1.807, 2.05) is 30.3 Å². The summed E-state index contributed by atoms with van der Waals surface area (Å²) in [6.07, 6.45) is -0.706. The van der Waals surface area contributed by atoms with Gasteiger partial charge in [0, 0.05) is 45.3 Å². The van der Waals surface area contributed by atoms with E-state index in [1.165, 1.54) is 0 Å². The van der Waals surface area contributed by atoms with Crippen LogP contribution in [0.1, 0.15) is 25.5 Å². The highest BCUT2D eigenvalue weighted by Gasteiger charge is 2.35. The van der Waals surface area contributed by atoms with Gasteiger partial charge in [0.2, 0.25) is 5.91 Å². The molecule has 2 aliphatic heterocycles. The minimum absolute atomic E-state index is 0.0847. The largest absolute Gasteiger partial charge is 0.356 e. The molecule has 0 unspecified atom stereocenters. The van der Waals surface area contributed by atoms with Gasteiger partial charge in [0.1, 0.15) is 6.61 Å². The maximum Gasteiger partial charge on any atom is 0.251 e. The first-order chi connectivity index (χ1) is 13.0. The molecule has 2 fully saturated rings. The number of nitrogens with zero attached hydrogens (tertiary/aromatic N) is 2. The van der Waals surface area contributed by atoms with Crippen LogP contribution >= 0.6 is 0 Å². The van der Waals surface area contributed by atoms with Gasteiger partial charge in [0.05, 0.1) is 6.04 Å². The molecule has 0 spiro atoms. The zero-order chi connectivity index (χ0) is 19.2. The zero-order valence-corrected chi connectivity index (χ0v) is 16.2. The number of amides is 2. The van der Waals surface area contributed by atoms with Gasteiger partial charge < -0.3 is 15.4 Å². The van der Waals surface area contributed by atoms with E-state index in [0.29, 0.717) is 12.6 Å². The van der Waals surface area contributed by atoms with Crippen molar-refractivity contribution in [3.8, 4) is 0 Å². The van der Waals surface area contributed by atoms with Crippen LogP contribution in [0.3, 0.4) is 0 Å². The van der Waals surface area contributed by atoms with Gasteiger partial charge in [0.25, 0.3) is 5.91 Å². The molecule has 0 bridgehead atoms. The second kappa shape index (κ2) is 9.30. The molecule has 148 valence electrons. The third-order valence-corrected chi connectivity index (χ3v) is 5.29. The molecule has 0 aliphatic carbocycles. The molecule has 3 rings (SSSR count). The first kappa shape index (κ1) is 19.8. The fraction of sp³-hybridized carbons (Fsp3) is 0.600. The number of hydrogen-bond acceptors (Lipinski definition) is 5. The fourth-order valence-corrected chi connectivity index (χ4v) is 3.64. The number of hydrogen-bond donors (Lipinski definition) is 2. The molecule has 2 amide bonds. The van der Waals surface area contributed by atoms with Crippen molar-refractivity contribution >= 4 is 11.8 Å². The maximum absolute atomic E-state index is 12.7. The number of rotatable bonds is 6. The average molecular weight is 374 g/mol. The Labute approximate surface area is 161 Å². The second-order valence-electron chi connectivity index (χ2n) is 7.45. The number of carbonyl (C=O) groups excluding carboxylic acids is 2. The Bertz CT molecular complexity index is 629. The van der Waals surface area contributed by atoms with Crippen molar-refractivity contribution in [3.63, 3.8) is 0 Å². The lowest BCUT2D eigenvalue weighted by Crippen LogP contribution is -2.54. The van der Waals surface area contributed by atoms with E-state index in [0.717, 1.165) is 38.3 Å². The van der Waals surface area contributed by atoms with Crippen molar-refractivity contribution in [2.24, 2.45) is 0 Å². The molecule has 2 aliphatic rings. The molecular formula is C20H30N4O3. The van der Waals surface area contributed by atoms with Crippen LogP contribution in [0.15, 0.2) is 30.3 Å². The maximum atomic E-state index is 12.7. The van der Waals surface area contributed by atoms with E-state index >= 15 is 0 Å². The van der Waals surface area contributed by atoms with Crippen molar-refractivity contribution in [1.82, 2.24) is 20.4 Å². The predicted molar refractivity (Wildman–Crippen MR) is 103 cm³/mol. The Morgan fingerprint density at radius 1 is 1.22 bits per heavy atom. The molecule has 2 saturated heterocycles. The number of piperazine rings is 1. The van der Waals surface area contributed by atoms with E-state index in [4.69, 9.17) is 4.74 Å². The fourth-order valence-electron chi connectivity index (χ4n) is 3.64. The third-order valence-electron chi connectivity index (χ3n) is 5.29. The molecule has 2 atom stereocenters. The highest BCUT2D eigenvalue weighted by Crippen LogP contribution is 2.22. The van der Waals surface area contributed by atoms with Crippen LogP contribution in [0.2, 0.25) is 0 Å².